The van der Waals surface area contributed by atoms with Crippen molar-refractivity contribution in [3.05, 3.63) is 29.8 Å². The zero-order valence-corrected chi connectivity index (χ0v) is 16.4. The number of rotatable bonds is 9. The second-order valence-corrected chi connectivity index (χ2v) is 8.45. The van der Waals surface area contributed by atoms with E-state index in [2.05, 4.69) is 17.1 Å². The molecule has 1 amide bonds. The van der Waals surface area contributed by atoms with Crippen LogP contribution in [0.15, 0.2) is 24.3 Å². The SMILES string of the molecule is CCc1ccc(NC(=O)CCN(CCN2CCOCC2)S(C)(=O)=O)cc1. The van der Waals surface area contributed by atoms with E-state index >= 15 is 0 Å². The van der Waals surface area contributed by atoms with Crippen LogP contribution >= 0.6 is 0 Å². The molecule has 146 valence electrons. The lowest BCUT2D eigenvalue weighted by atomic mass is 10.1. The molecule has 7 nitrogen and oxygen atoms in total. The van der Waals surface area contributed by atoms with Crippen molar-refractivity contribution < 1.29 is 17.9 Å². The summed E-state index contributed by atoms with van der Waals surface area (Å²) in [6.07, 6.45) is 2.26. The third-order valence-corrected chi connectivity index (χ3v) is 5.78. The van der Waals surface area contributed by atoms with Gasteiger partial charge in [-0.05, 0) is 24.1 Å². The Morgan fingerprint density at radius 3 is 2.42 bits per heavy atom. The van der Waals surface area contributed by atoms with Crippen molar-refractivity contribution >= 4 is 21.6 Å². The Labute approximate surface area is 156 Å². The number of ether oxygens (including phenoxy) is 1. The van der Waals surface area contributed by atoms with Gasteiger partial charge in [0.1, 0.15) is 0 Å². The predicted octanol–water partition coefficient (Wildman–Crippen LogP) is 1.17. The molecule has 8 heteroatoms. The van der Waals surface area contributed by atoms with Crippen LogP contribution in [0, 0.1) is 0 Å². The number of hydrogen-bond donors (Lipinski definition) is 1. The number of anilines is 1. The Hall–Kier alpha value is -1.48. The smallest absolute Gasteiger partial charge is 0.225 e. The molecule has 0 radical (unpaired) electrons. The van der Waals surface area contributed by atoms with Gasteiger partial charge < -0.3 is 10.1 Å². The lowest BCUT2D eigenvalue weighted by molar-refractivity contribution is -0.116. The number of hydrogen-bond acceptors (Lipinski definition) is 5. The molecule has 1 aromatic carbocycles. The molecule has 0 spiro atoms. The first kappa shape index (κ1) is 20.8. The van der Waals surface area contributed by atoms with Gasteiger partial charge in [0.2, 0.25) is 15.9 Å². The zero-order valence-electron chi connectivity index (χ0n) is 15.6. The molecule has 1 aliphatic heterocycles. The molecule has 1 heterocycles. The number of sulfonamides is 1. The summed E-state index contributed by atoms with van der Waals surface area (Å²) in [7, 11) is -3.35. The summed E-state index contributed by atoms with van der Waals surface area (Å²) in [5.41, 5.74) is 1.93. The van der Waals surface area contributed by atoms with Gasteiger partial charge in [-0.25, -0.2) is 12.7 Å². The number of nitrogens with zero attached hydrogens (tertiary/aromatic N) is 2. The quantitative estimate of drug-likeness (QED) is 0.693. The maximum Gasteiger partial charge on any atom is 0.225 e. The molecule has 26 heavy (non-hydrogen) atoms. The van der Waals surface area contributed by atoms with Gasteiger partial charge in [-0.2, -0.15) is 0 Å². The van der Waals surface area contributed by atoms with E-state index in [0.29, 0.717) is 26.3 Å². The van der Waals surface area contributed by atoms with Gasteiger partial charge in [-0.3, -0.25) is 9.69 Å². The average Bonchev–Trinajstić information content (AvgIpc) is 2.62. The highest BCUT2D eigenvalue weighted by Gasteiger charge is 2.20. The normalized spacial score (nSPS) is 16.0. The third-order valence-electron chi connectivity index (χ3n) is 4.47. The Balaban J connectivity index is 1.82. The third kappa shape index (κ3) is 7.03. The summed E-state index contributed by atoms with van der Waals surface area (Å²) in [6, 6.07) is 7.68. The fourth-order valence-electron chi connectivity index (χ4n) is 2.79. The van der Waals surface area contributed by atoms with E-state index in [4.69, 9.17) is 4.74 Å². The van der Waals surface area contributed by atoms with Crippen LogP contribution in [-0.2, 0) is 26.0 Å². The molecular weight excluding hydrogens is 354 g/mol. The van der Waals surface area contributed by atoms with E-state index in [1.807, 2.05) is 24.3 Å². The lowest BCUT2D eigenvalue weighted by Crippen LogP contribution is -2.43. The van der Waals surface area contributed by atoms with Gasteiger partial charge in [0, 0.05) is 44.8 Å². The van der Waals surface area contributed by atoms with E-state index in [1.54, 1.807) is 0 Å². The summed E-state index contributed by atoms with van der Waals surface area (Å²) in [4.78, 5) is 14.3. The van der Waals surface area contributed by atoms with E-state index < -0.39 is 10.0 Å². The summed E-state index contributed by atoms with van der Waals surface area (Å²) < 4.78 is 30.7. The number of carbonyl (C=O) groups is 1. The molecule has 1 aliphatic rings. The fraction of sp³-hybridized carbons (Fsp3) is 0.611. The Morgan fingerprint density at radius 1 is 1.19 bits per heavy atom. The minimum absolute atomic E-state index is 0.131. The highest BCUT2D eigenvalue weighted by atomic mass is 32.2. The van der Waals surface area contributed by atoms with Crippen LogP contribution in [0.25, 0.3) is 0 Å². The van der Waals surface area contributed by atoms with E-state index in [0.717, 1.165) is 25.2 Å². The van der Waals surface area contributed by atoms with Gasteiger partial charge in [-0.1, -0.05) is 19.1 Å². The minimum Gasteiger partial charge on any atom is -0.379 e. The van der Waals surface area contributed by atoms with Crippen LogP contribution in [-0.4, -0.2) is 75.7 Å². The van der Waals surface area contributed by atoms with Crippen molar-refractivity contribution in [2.45, 2.75) is 19.8 Å². The summed E-state index contributed by atoms with van der Waals surface area (Å²) in [5, 5.41) is 2.82. The first-order valence-corrected chi connectivity index (χ1v) is 10.9. The van der Waals surface area contributed by atoms with Gasteiger partial charge in [0.05, 0.1) is 19.5 Å². The fourth-order valence-corrected chi connectivity index (χ4v) is 3.63. The van der Waals surface area contributed by atoms with Crippen LogP contribution in [0.5, 0.6) is 0 Å². The van der Waals surface area contributed by atoms with Crippen LogP contribution in [0.2, 0.25) is 0 Å². The number of morpholine rings is 1. The largest absolute Gasteiger partial charge is 0.379 e. The number of amides is 1. The highest BCUT2D eigenvalue weighted by molar-refractivity contribution is 7.88. The van der Waals surface area contributed by atoms with Gasteiger partial charge in [0.15, 0.2) is 0 Å². The minimum atomic E-state index is -3.35. The molecule has 0 aliphatic carbocycles. The number of benzene rings is 1. The number of nitrogens with one attached hydrogen (secondary N) is 1. The van der Waals surface area contributed by atoms with Crippen molar-refractivity contribution in [1.29, 1.82) is 0 Å². The molecule has 0 atom stereocenters. The highest BCUT2D eigenvalue weighted by Crippen LogP contribution is 2.11. The Morgan fingerprint density at radius 2 is 1.85 bits per heavy atom. The molecule has 0 bridgehead atoms. The Bertz CT molecular complexity index is 670. The summed E-state index contributed by atoms with van der Waals surface area (Å²) in [5.74, 6) is -0.186. The van der Waals surface area contributed by atoms with Gasteiger partial charge in [0.25, 0.3) is 0 Å². The van der Waals surface area contributed by atoms with E-state index in [9.17, 15) is 13.2 Å². The molecular formula is C18H29N3O4S. The van der Waals surface area contributed by atoms with Crippen LogP contribution in [0.4, 0.5) is 5.69 Å². The maximum absolute atomic E-state index is 12.1. The lowest BCUT2D eigenvalue weighted by Gasteiger charge is -2.29. The van der Waals surface area contributed by atoms with E-state index in [-0.39, 0.29) is 18.9 Å². The maximum atomic E-state index is 12.1. The van der Waals surface area contributed by atoms with Crippen molar-refractivity contribution in [1.82, 2.24) is 9.21 Å². The first-order valence-electron chi connectivity index (χ1n) is 9.02. The summed E-state index contributed by atoms with van der Waals surface area (Å²) in [6.45, 7) is 6.27. The molecule has 1 aromatic rings. The number of aryl methyl sites for hydroxylation is 1. The molecule has 1 fully saturated rings. The van der Waals surface area contributed by atoms with Crippen molar-refractivity contribution in [2.75, 3.05) is 57.5 Å². The molecule has 1 saturated heterocycles. The average molecular weight is 384 g/mol. The van der Waals surface area contributed by atoms with Crippen molar-refractivity contribution in [3.8, 4) is 0 Å². The predicted molar refractivity (Wildman–Crippen MR) is 103 cm³/mol. The monoisotopic (exact) mass is 383 g/mol. The van der Waals surface area contributed by atoms with Gasteiger partial charge in [-0.15, -0.1) is 0 Å². The Kier molecular flexibility index (Phi) is 8.02. The van der Waals surface area contributed by atoms with Crippen LogP contribution < -0.4 is 5.32 Å². The standard InChI is InChI=1S/C18H29N3O4S/c1-3-16-4-6-17(7-5-16)19-18(22)8-9-21(26(2,23)24)11-10-20-12-14-25-15-13-20/h4-7H,3,8-15H2,1-2H3,(H,19,22). The molecule has 0 aromatic heterocycles. The number of carbonyl (C=O) groups excluding carboxylic acids is 1. The summed E-state index contributed by atoms with van der Waals surface area (Å²) >= 11 is 0. The van der Waals surface area contributed by atoms with Crippen molar-refractivity contribution in [2.24, 2.45) is 0 Å². The second kappa shape index (κ2) is 10.0. The second-order valence-electron chi connectivity index (χ2n) is 6.46. The molecule has 0 saturated carbocycles. The first-order chi connectivity index (χ1) is 12.4. The van der Waals surface area contributed by atoms with Crippen LogP contribution in [0.3, 0.4) is 0 Å². The molecule has 2 rings (SSSR count). The van der Waals surface area contributed by atoms with Crippen molar-refractivity contribution in [3.63, 3.8) is 0 Å². The zero-order chi connectivity index (χ0) is 19.0. The van der Waals surface area contributed by atoms with Gasteiger partial charge >= 0.3 is 0 Å². The molecule has 1 N–H and O–H groups in total. The molecule has 0 unspecified atom stereocenters. The topological polar surface area (TPSA) is 79.0 Å². The van der Waals surface area contributed by atoms with E-state index in [1.165, 1.54) is 16.1 Å². The van der Waals surface area contributed by atoms with Crippen LogP contribution in [0.1, 0.15) is 18.9 Å².